The Kier molecular flexibility index (Phi) is 3.06. The molecule has 2 unspecified atom stereocenters. The molecule has 0 fully saturated rings. The Hall–Kier alpha value is -1.59. The molecule has 0 spiro atoms. The molecule has 5 heteroatoms. The van der Waals surface area contributed by atoms with Crippen molar-refractivity contribution < 1.29 is 20.1 Å². The van der Waals surface area contributed by atoms with Gasteiger partial charge in [-0.3, -0.25) is 0 Å². The number of hydrogen-bond donors (Lipinski definition) is 4. The zero-order chi connectivity index (χ0) is 10.7. The second kappa shape index (κ2) is 4.08. The van der Waals surface area contributed by atoms with E-state index in [0.717, 1.165) is 0 Å². The van der Waals surface area contributed by atoms with Crippen LogP contribution in [-0.4, -0.2) is 27.4 Å². The van der Waals surface area contributed by atoms with Gasteiger partial charge in [-0.25, -0.2) is 4.79 Å². The summed E-state index contributed by atoms with van der Waals surface area (Å²) in [5, 5.41) is 27.0. The van der Waals surface area contributed by atoms with Crippen LogP contribution in [0.3, 0.4) is 0 Å². The van der Waals surface area contributed by atoms with Crippen LogP contribution in [0.25, 0.3) is 0 Å². The van der Waals surface area contributed by atoms with Gasteiger partial charge >= 0.3 is 5.97 Å². The molecule has 76 valence electrons. The lowest BCUT2D eigenvalue weighted by Gasteiger charge is -2.15. The number of nitrogens with two attached hydrogens (primary N) is 1. The van der Waals surface area contributed by atoms with Crippen molar-refractivity contribution in [3.63, 3.8) is 0 Å². The van der Waals surface area contributed by atoms with E-state index in [4.69, 9.17) is 15.9 Å². The lowest BCUT2D eigenvalue weighted by molar-refractivity contribution is -0.153. The predicted octanol–water partition coefficient (Wildman–Crippen LogP) is -0.252. The van der Waals surface area contributed by atoms with E-state index in [9.17, 15) is 9.90 Å². The Bertz CT molecular complexity index is 339. The second-order valence-corrected chi connectivity index (χ2v) is 2.86. The summed E-state index contributed by atoms with van der Waals surface area (Å²) in [6.45, 7) is 0. The van der Waals surface area contributed by atoms with Gasteiger partial charge in [-0.2, -0.15) is 0 Å². The van der Waals surface area contributed by atoms with Gasteiger partial charge in [-0.1, -0.05) is 18.2 Å². The average molecular weight is 197 g/mol. The van der Waals surface area contributed by atoms with Gasteiger partial charge < -0.3 is 21.1 Å². The van der Waals surface area contributed by atoms with Crippen LogP contribution in [0.4, 0.5) is 5.69 Å². The van der Waals surface area contributed by atoms with Crippen molar-refractivity contribution in [1.29, 1.82) is 0 Å². The molecule has 1 rings (SSSR count). The molecule has 0 aliphatic carbocycles. The minimum Gasteiger partial charge on any atom is -0.479 e. The highest BCUT2D eigenvalue weighted by atomic mass is 16.4. The third-order valence-electron chi connectivity index (χ3n) is 1.87. The smallest absolute Gasteiger partial charge is 0.335 e. The van der Waals surface area contributed by atoms with Crippen molar-refractivity contribution in [3.05, 3.63) is 29.8 Å². The summed E-state index contributed by atoms with van der Waals surface area (Å²) >= 11 is 0. The number of rotatable bonds is 3. The second-order valence-electron chi connectivity index (χ2n) is 2.86. The zero-order valence-electron chi connectivity index (χ0n) is 7.29. The Morgan fingerprint density at radius 3 is 2.36 bits per heavy atom. The van der Waals surface area contributed by atoms with E-state index in [2.05, 4.69) is 0 Å². The van der Waals surface area contributed by atoms with Crippen LogP contribution in [-0.2, 0) is 4.79 Å². The van der Waals surface area contributed by atoms with Gasteiger partial charge in [0.25, 0.3) is 0 Å². The van der Waals surface area contributed by atoms with Crippen molar-refractivity contribution in [1.82, 2.24) is 0 Å². The summed E-state index contributed by atoms with van der Waals surface area (Å²) in [6, 6.07) is 6.24. The van der Waals surface area contributed by atoms with E-state index in [0.29, 0.717) is 0 Å². The summed E-state index contributed by atoms with van der Waals surface area (Å²) in [5.74, 6) is -1.49. The molecule has 1 aromatic carbocycles. The van der Waals surface area contributed by atoms with Crippen LogP contribution < -0.4 is 5.73 Å². The number of nitrogen functional groups attached to an aromatic ring is 1. The first kappa shape index (κ1) is 10.5. The van der Waals surface area contributed by atoms with Gasteiger partial charge in [0.1, 0.15) is 6.10 Å². The van der Waals surface area contributed by atoms with Crippen LogP contribution in [0, 0.1) is 0 Å². The quantitative estimate of drug-likeness (QED) is 0.500. The molecule has 5 N–H and O–H groups in total. The predicted molar refractivity (Wildman–Crippen MR) is 49.5 cm³/mol. The standard InChI is InChI=1S/C9H11NO4/c10-6-4-2-1-3-5(6)7(11)8(12)9(13)14/h1-4,7-8,11-12H,10H2,(H,13,14). The highest BCUT2D eigenvalue weighted by Gasteiger charge is 2.26. The van der Waals surface area contributed by atoms with Crippen LogP contribution in [0.15, 0.2) is 24.3 Å². The van der Waals surface area contributed by atoms with E-state index in [1.165, 1.54) is 12.1 Å². The van der Waals surface area contributed by atoms with Crippen molar-refractivity contribution in [2.45, 2.75) is 12.2 Å². The fraction of sp³-hybridized carbons (Fsp3) is 0.222. The first-order valence-corrected chi connectivity index (χ1v) is 3.97. The topological polar surface area (TPSA) is 104 Å². The van der Waals surface area contributed by atoms with E-state index in [1.54, 1.807) is 12.1 Å². The highest BCUT2D eigenvalue weighted by molar-refractivity contribution is 5.73. The first-order valence-electron chi connectivity index (χ1n) is 3.97. The molecule has 1 aromatic rings. The maximum Gasteiger partial charge on any atom is 0.335 e. The molecule has 5 nitrogen and oxygen atoms in total. The van der Waals surface area contributed by atoms with Crippen molar-refractivity contribution in [2.75, 3.05) is 5.73 Å². The zero-order valence-corrected chi connectivity index (χ0v) is 7.29. The molecule has 0 aliphatic heterocycles. The number of carboxylic acids is 1. The van der Waals surface area contributed by atoms with Gasteiger partial charge in [0.2, 0.25) is 0 Å². The van der Waals surface area contributed by atoms with E-state index < -0.39 is 18.2 Å². The van der Waals surface area contributed by atoms with Crippen molar-refractivity contribution in [2.24, 2.45) is 0 Å². The van der Waals surface area contributed by atoms with E-state index in [-0.39, 0.29) is 11.3 Å². The Morgan fingerprint density at radius 2 is 1.86 bits per heavy atom. The summed E-state index contributed by atoms with van der Waals surface area (Å²) in [6.07, 6.45) is -3.37. The number of para-hydroxylation sites is 1. The molecule has 2 atom stereocenters. The number of aliphatic hydroxyl groups is 2. The summed E-state index contributed by atoms with van der Waals surface area (Å²) in [7, 11) is 0. The fourth-order valence-corrected chi connectivity index (χ4v) is 1.09. The number of aliphatic carboxylic acids is 1. The lowest BCUT2D eigenvalue weighted by atomic mass is 10.0. The van der Waals surface area contributed by atoms with Crippen molar-refractivity contribution >= 4 is 11.7 Å². The van der Waals surface area contributed by atoms with E-state index >= 15 is 0 Å². The molecular formula is C9H11NO4. The molecule has 0 bridgehead atoms. The normalized spacial score (nSPS) is 14.7. The molecule has 0 aliphatic rings. The number of aliphatic hydroxyl groups excluding tert-OH is 2. The summed E-state index contributed by atoms with van der Waals surface area (Å²) in [5.41, 5.74) is 5.96. The number of hydrogen-bond acceptors (Lipinski definition) is 4. The van der Waals surface area contributed by atoms with Gasteiger partial charge in [0, 0.05) is 11.3 Å². The number of benzene rings is 1. The van der Waals surface area contributed by atoms with Crippen LogP contribution in [0.1, 0.15) is 11.7 Å². The molecule has 0 amide bonds. The third-order valence-corrected chi connectivity index (χ3v) is 1.87. The van der Waals surface area contributed by atoms with Crippen molar-refractivity contribution in [3.8, 4) is 0 Å². The number of carboxylic acid groups (broad SMARTS) is 1. The largest absolute Gasteiger partial charge is 0.479 e. The first-order chi connectivity index (χ1) is 6.54. The molecular weight excluding hydrogens is 186 g/mol. The molecule has 0 radical (unpaired) electrons. The monoisotopic (exact) mass is 197 g/mol. The van der Waals surface area contributed by atoms with E-state index in [1.807, 2.05) is 0 Å². The summed E-state index contributed by atoms with van der Waals surface area (Å²) < 4.78 is 0. The van der Waals surface area contributed by atoms with Crippen LogP contribution >= 0.6 is 0 Å². The highest BCUT2D eigenvalue weighted by Crippen LogP contribution is 2.22. The van der Waals surface area contributed by atoms with Gasteiger partial charge in [0.05, 0.1) is 0 Å². The molecule has 0 heterocycles. The van der Waals surface area contributed by atoms with Gasteiger partial charge in [-0.15, -0.1) is 0 Å². The number of carbonyl (C=O) groups is 1. The Labute approximate surface area is 80.4 Å². The Balaban J connectivity index is 2.94. The molecule has 0 aromatic heterocycles. The molecule has 0 saturated carbocycles. The number of anilines is 1. The molecule has 14 heavy (non-hydrogen) atoms. The maximum absolute atomic E-state index is 10.4. The summed E-state index contributed by atoms with van der Waals surface area (Å²) in [4.78, 5) is 10.4. The SMILES string of the molecule is Nc1ccccc1C(O)C(O)C(=O)O. The van der Waals surface area contributed by atoms with Crippen LogP contribution in [0.2, 0.25) is 0 Å². The third kappa shape index (κ3) is 2.01. The average Bonchev–Trinajstić information content (AvgIpc) is 2.16. The van der Waals surface area contributed by atoms with Gasteiger partial charge in [-0.05, 0) is 6.07 Å². The maximum atomic E-state index is 10.4. The molecule has 0 saturated heterocycles. The minimum atomic E-state index is -1.86. The van der Waals surface area contributed by atoms with Gasteiger partial charge in [0.15, 0.2) is 6.10 Å². The Morgan fingerprint density at radius 1 is 1.29 bits per heavy atom. The minimum absolute atomic E-state index is 0.211. The fourth-order valence-electron chi connectivity index (χ4n) is 1.09. The lowest BCUT2D eigenvalue weighted by Crippen LogP contribution is -2.27. The van der Waals surface area contributed by atoms with Crippen LogP contribution in [0.5, 0.6) is 0 Å².